The largest absolute Gasteiger partial charge is 0.493 e. The lowest BCUT2D eigenvalue weighted by molar-refractivity contribution is -0.112. The van der Waals surface area contributed by atoms with Crippen LogP contribution in [0.15, 0.2) is 48.8 Å². The average Bonchev–Trinajstić information content (AvgIpc) is 3.31. The van der Waals surface area contributed by atoms with E-state index in [-0.39, 0.29) is 6.61 Å². The molecule has 3 heterocycles. The summed E-state index contributed by atoms with van der Waals surface area (Å²) in [5.74, 6) is -0.475. The van der Waals surface area contributed by atoms with Gasteiger partial charge in [0.15, 0.2) is 11.5 Å². The first-order valence-electron chi connectivity index (χ1n) is 9.96. The van der Waals surface area contributed by atoms with E-state index in [2.05, 4.69) is 15.4 Å². The van der Waals surface area contributed by atoms with Crippen LogP contribution in [-0.2, 0) is 18.4 Å². The number of benzene rings is 1. The first-order valence-corrected chi connectivity index (χ1v) is 9.96. The van der Waals surface area contributed by atoms with Crippen molar-refractivity contribution in [3.05, 3.63) is 71.4 Å². The Kier molecular flexibility index (Phi) is 5.63. The van der Waals surface area contributed by atoms with Crippen molar-refractivity contribution in [2.75, 3.05) is 12.4 Å². The Morgan fingerprint density at radius 2 is 1.94 bits per heavy atom. The van der Waals surface area contributed by atoms with Crippen molar-refractivity contribution >= 4 is 23.0 Å². The molecule has 164 valence electrons. The predicted octanol–water partition coefficient (Wildman–Crippen LogP) is 3.09. The number of Topliss-reactive ketones (excluding diaryl/α,β-unsaturated/α-hetero) is 1. The summed E-state index contributed by atoms with van der Waals surface area (Å²) < 4.78 is 14.7. The molecule has 0 atom stereocenters. The van der Waals surface area contributed by atoms with Gasteiger partial charge < -0.3 is 19.2 Å². The van der Waals surface area contributed by atoms with E-state index < -0.39 is 11.7 Å². The van der Waals surface area contributed by atoms with Crippen LogP contribution in [0.2, 0.25) is 0 Å². The molecule has 3 aromatic heterocycles. The van der Waals surface area contributed by atoms with Crippen molar-refractivity contribution in [3.63, 3.8) is 0 Å². The number of amides is 1. The van der Waals surface area contributed by atoms with E-state index in [9.17, 15) is 9.59 Å². The van der Waals surface area contributed by atoms with Crippen LogP contribution < -0.4 is 14.8 Å². The summed E-state index contributed by atoms with van der Waals surface area (Å²) in [4.78, 5) is 29.8. The highest BCUT2D eigenvalue weighted by molar-refractivity contribution is 6.47. The summed E-state index contributed by atoms with van der Waals surface area (Å²) in [6, 6.07) is 10.7. The summed E-state index contributed by atoms with van der Waals surface area (Å²) in [5.41, 5.74) is 3.42. The molecular formula is C23H23N5O4. The van der Waals surface area contributed by atoms with Crippen molar-refractivity contribution in [1.29, 1.82) is 0 Å². The third-order valence-corrected chi connectivity index (χ3v) is 5.15. The second-order valence-electron chi connectivity index (χ2n) is 7.31. The number of carbonyl (C=O) groups excluding carboxylic acids is 2. The molecule has 0 radical (unpaired) electrons. The van der Waals surface area contributed by atoms with Gasteiger partial charge in [0, 0.05) is 36.9 Å². The van der Waals surface area contributed by atoms with Gasteiger partial charge in [-0.1, -0.05) is 6.07 Å². The molecule has 0 aliphatic rings. The quantitative estimate of drug-likeness (QED) is 0.355. The third kappa shape index (κ3) is 4.04. The molecule has 0 saturated heterocycles. The monoisotopic (exact) mass is 433 g/mol. The minimum Gasteiger partial charge on any atom is -0.493 e. The zero-order valence-corrected chi connectivity index (χ0v) is 18.2. The highest BCUT2D eigenvalue weighted by Crippen LogP contribution is 2.31. The Morgan fingerprint density at radius 3 is 2.62 bits per heavy atom. The first-order chi connectivity index (χ1) is 15.4. The van der Waals surface area contributed by atoms with Gasteiger partial charge in [-0.3, -0.25) is 14.3 Å². The number of nitrogens with zero attached hydrogens (tertiary/aromatic N) is 4. The highest BCUT2D eigenvalue weighted by Gasteiger charge is 2.24. The van der Waals surface area contributed by atoms with Crippen LogP contribution in [0, 0.1) is 13.8 Å². The lowest BCUT2D eigenvalue weighted by Crippen LogP contribution is -2.24. The van der Waals surface area contributed by atoms with Crippen LogP contribution in [0.25, 0.3) is 5.65 Å². The number of ketones is 1. The molecule has 9 nitrogen and oxygen atoms in total. The van der Waals surface area contributed by atoms with Gasteiger partial charge in [0.1, 0.15) is 12.3 Å². The number of ether oxygens (including phenoxy) is 2. The van der Waals surface area contributed by atoms with Crippen molar-refractivity contribution < 1.29 is 19.1 Å². The normalized spacial score (nSPS) is 10.9. The van der Waals surface area contributed by atoms with E-state index in [0.29, 0.717) is 34.1 Å². The molecule has 0 unspecified atom stereocenters. The van der Waals surface area contributed by atoms with Crippen LogP contribution in [0.1, 0.15) is 27.4 Å². The molecule has 1 N–H and O–H groups in total. The number of aryl methyl sites for hydroxylation is 2. The molecule has 4 aromatic rings. The number of hydrogen-bond acceptors (Lipinski definition) is 6. The fourth-order valence-corrected chi connectivity index (χ4v) is 3.48. The topological polar surface area (TPSA) is 99.8 Å². The molecule has 32 heavy (non-hydrogen) atoms. The van der Waals surface area contributed by atoms with Gasteiger partial charge in [0.25, 0.3) is 11.7 Å². The maximum atomic E-state index is 12.7. The summed E-state index contributed by atoms with van der Waals surface area (Å²) in [6.07, 6.45) is 3.79. The van der Waals surface area contributed by atoms with Crippen LogP contribution in [0.3, 0.4) is 0 Å². The third-order valence-electron chi connectivity index (χ3n) is 5.15. The Balaban J connectivity index is 1.50. The number of fused-ring (bicyclic) bond motifs is 1. The van der Waals surface area contributed by atoms with Gasteiger partial charge in [0.2, 0.25) is 0 Å². The zero-order chi connectivity index (χ0) is 22.8. The van der Waals surface area contributed by atoms with Gasteiger partial charge in [-0.2, -0.15) is 5.10 Å². The summed E-state index contributed by atoms with van der Waals surface area (Å²) in [5, 5.41) is 6.83. The second kappa shape index (κ2) is 8.54. The zero-order valence-electron chi connectivity index (χ0n) is 18.2. The van der Waals surface area contributed by atoms with Gasteiger partial charge in [-0.25, -0.2) is 4.98 Å². The maximum Gasteiger partial charge on any atom is 0.296 e. The van der Waals surface area contributed by atoms with Crippen molar-refractivity contribution in [1.82, 2.24) is 19.2 Å². The number of imidazole rings is 1. The van der Waals surface area contributed by atoms with Crippen LogP contribution in [-0.4, -0.2) is 38.0 Å². The predicted molar refractivity (Wildman–Crippen MR) is 118 cm³/mol. The Morgan fingerprint density at radius 1 is 1.12 bits per heavy atom. The summed E-state index contributed by atoms with van der Waals surface area (Å²) in [6.45, 7) is 3.66. The van der Waals surface area contributed by atoms with Crippen molar-refractivity contribution in [2.45, 2.75) is 20.5 Å². The fourth-order valence-electron chi connectivity index (χ4n) is 3.48. The van der Waals surface area contributed by atoms with E-state index >= 15 is 0 Å². The number of nitrogens with one attached hydrogen (secondary N) is 1. The molecule has 1 aromatic carbocycles. The number of carbonyl (C=O) groups is 2. The molecule has 9 heteroatoms. The summed E-state index contributed by atoms with van der Waals surface area (Å²) >= 11 is 0. The number of anilines is 1. The van der Waals surface area contributed by atoms with Crippen LogP contribution >= 0.6 is 0 Å². The number of hydrogen-bond donors (Lipinski definition) is 1. The fraction of sp³-hybridized carbons (Fsp3) is 0.217. The smallest absolute Gasteiger partial charge is 0.296 e. The molecular weight excluding hydrogens is 410 g/mol. The number of pyridine rings is 1. The molecule has 1 amide bonds. The number of aromatic nitrogens is 4. The lowest BCUT2D eigenvalue weighted by atomic mass is 10.1. The van der Waals surface area contributed by atoms with E-state index in [1.807, 2.05) is 35.0 Å². The Bertz CT molecular complexity index is 1290. The van der Waals surface area contributed by atoms with Gasteiger partial charge in [-0.15, -0.1) is 0 Å². The van der Waals surface area contributed by atoms with Gasteiger partial charge in [0.05, 0.1) is 24.1 Å². The Hall–Kier alpha value is -4.14. The van der Waals surface area contributed by atoms with E-state index in [1.54, 1.807) is 43.8 Å². The SMILES string of the molecule is COc1ccc(NC(=O)C(=O)c2c(C)nn(C)c2C)cc1OCc1cn2ccccc2n1. The van der Waals surface area contributed by atoms with Crippen LogP contribution in [0.5, 0.6) is 11.5 Å². The molecule has 0 bridgehead atoms. The number of methoxy groups -OCH3 is 1. The molecule has 0 aliphatic heterocycles. The summed E-state index contributed by atoms with van der Waals surface area (Å²) in [7, 11) is 3.26. The first kappa shape index (κ1) is 21.1. The minimum atomic E-state index is -0.749. The van der Waals surface area contributed by atoms with Crippen molar-refractivity contribution in [2.24, 2.45) is 7.05 Å². The second-order valence-corrected chi connectivity index (χ2v) is 7.31. The minimum absolute atomic E-state index is 0.211. The lowest BCUT2D eigenvalue weighted by Gasteiger charge is -2.12. The standard InChI is InChI=1S/C23H23N5O4/c1-14-21(15(2)27(3)26-14)22(29)23(30)25-16-8-9-18(31-4)19(11-16)32-13-17-12-28-10-6-5-7-20(28)24-17/h5-12H,13H2,1-4H3,(H,25,30). The van der Waals surface area contributed by atoms with Gasteiger partial charge in [-0.05, 0) is 38.1 Å². The highest BCUT2D eigenvalue weighted by atomic mass is 16.5. The van der Waals surface area contributed by atoms with E-state index in [4.69, 9.17) is 9.47 Å². The van der Waals surface area contributed by atoms with E-state index in [1.165, 1.54) is 7.11 Å². The molecule has 0 saturated carbocycles. The molecule has 0 fully saturated rings. The maximum absolute atomic E-state index is 12.7. The molecule has 0 aliphatic carbocycles. The van der Waals surface area contributed by atoms with Gasteiger partial charge >= 0.3 is 0 Å². The molecule has 0 spiro atoms. The average molecular weight is 433 g/mol. The number of rotatable bonds is 7. The Labute approximate surface area is 184 Å². The molecule has 4 rings (SSSR count). The van der Waals surface area contributed by atoms with Crippen LogP contribution in [0.4, 0.5) is 5.69 Å². The van der Waals surface area contributed by atoms with E-state index in [0.717, 1.165) is 11.3 Å². The van der Waals surface area contributed by atoms with Crippen molar-refractivity contribution in [3.8, 4) is 11.5 Å².